The van der Waals surface area contributed by atoms with Crippen LogP contribution in [0.4, 0.5) is 0 Å². The zero-order chi connectivity index (χ0) is 13.2. The lowest BCUT2D eigenvalue weighted by atomic mass is 9.94. The van der Waals surface area contributed by atoms with Crippen LogP contribution in [0.25, 0.3) is 11.3 Å². The van der Waals surface area contributed by atoms with Crippen LogP contribution in [0.5, 0.6) is 0 Å². The average Bonchev–Trinajstić information content (AvgIpc) is 2.81. The largest absolute Gasteiger partial charge is 0.466 e. The van der Waals surface area contributed by atoms with Crippen LogP contribution in [0.3, 0.4) is 0 Å². The molecule has 0 fully saturated rings. The molecule has 0 aliphatic heterocycles. The van der Waals surface area contributed by atoms with E-state index in [1.807, 2.05) is 13.0 Å². The Morgan fingerprint density at radius 2 is 2.21 bits per heavy atom. The number of rotatable bonds is 3. The second-order valence-electron chi connectivity index (χ2n) is 4.52. The van der Waals surface area contributed by atoms with Crippen LogP contribution in [0, 0.1) is 0 Å². The minimum atomic E-state index is -0.193. The van der Waals surface area contributed by atoms with Crippen LogP contribution in [-0.4, -0.2) is 17.6 Å². The van der Waals surface area contributed by atoms with Crippen molar-refractivity contribution in [3.8, 4) is 11.3 Å². The molecular weight excluding hydrogens is 258 g/mol. The van der Waals surface area contributed by atoms with E-state index in [1.54, 1.807) is 11.3 Å². The fourth-order valence-electron chi connectivity index (χ4n) is 2.41. The Morgan fingerprint density at radius 3 is 3.05 bits per heavy atom. The summed E-state index contributed by atoms with van der Waals surface area (Å²) >= 11 is 1.64. The highest BCUT2D eigenvalue weighted by molar-refractivity contribution is 7.12. The molecule has 1 aliphatic carbocycles. The number of nitrogens with zero attached hydrogens (tertiary/aromatic N) is 1. The third-order valence-electron chi connectivity index (χ3n) is 3.24. The lowest BCUT2D eigenvalue weighted by Gasteiger charge is -2.13. The molecule has 0 atom stereocenters. The Hall–Kier alpha value is -1.68. The maximum atomic E-state index is 11.5. The minimum absolute atomic E-state index is 0.193. The fourth-order valence-corrected chi connectivity index (χ4v) is 3.48. The summed E-state index contributed by atoms with van der Waals surface area (Å²) in [5, 5.41) is 0.861. The lowest BCUT2D eigenvalue weighted by molar-refractivity contribution is -0.142. The molecule has 0 radical (unpaired) electrons. The summed E-state index contributed by atoms with van der Waals surface area (Å²) in [6, 6.07) is 8.37. The number of carbonyl (C=O) groups is 1. The first-order valence-corrected chi connectivity index (χ1v) is 7.32. The first-order chi connectivity index (χ1) is 9.28. The van der Waals surface area contributed by atoms with E-state index < -0.39 is 0 Å². The molecule has 3 nitrogen and oxygen atoms in total. The van der Waals surface area contributed by atoms with Crippen LogP contribution < -0.4 is 0 Å². The van der Waals surface area contributed by atoms with Gasteiger partial charge < -0.3 is 4.74 Å². The molecule has 0 saturated heterocycles. The molecule has 1 heterocycles. The molecule has 0 N–H and O–H groups in total. The van der Waals surface area contributed by atoms with Gasteiger partial charge in [-0.3, -0.25) is 4.79 Å². The number of esters is 1. The van der Waals surface area contributed by atoms with Crippen molar-refractivity contribution in [1.29, 1.82) is 0 Å². The van der Waals surface area contributed by atoms with Crippen LogP contribution in [-0.2, 0) is 28.8 Å². The van der Waals surface area contributed by atoms with Gasteiger partial charge in [-0.25, -0.2) is 4.98 Å². The van der Waals surface area contributed by atoms with Crippen molar-refractivity contribution >= 4 is 17.3 Å². The number of thiazole rings is 1. The predicted molar refractivity (Wildman–Crippen MR) is 75.3 cm³/mol. The molecule has 1 aromatic heterocycles. The van der Waals surface area contributed by atoms with E-state index in [0.717, 1.165) is 23.5 Å². The van der Waals surface area contributed by atoms with E-state index in [9.17, 15) is 4.79 Å². The smallest absolute Gasteiger partial charge is 0.312 e. The Balaban J connectivity index is 1.90. The normalized spacial score (nSPS) is 12.7. The Labute approximate surface area is 116 Å². The summed E-state index contributed by atoms with van der Waals surface area (Å²) in [5.41, 5.74) is 3.63. The van der Waals surface area contributed by atoms with Crippen molar-refractivity contribution < 1.29 is 9.53 Å². The van der Waals surface area contributed by atoms with E-state index in [0.29, 0.717) is 6.61 Å². The van der Waals surface area contributed by atoms with Crippen molar-refractivity contribution in [1.82, 2.24) is 4.98 Å². The zero-order valence-electron chi connectivity index (χ0n) is 10.8. The fraction of sp³-hybridized carbons (Fsp3) is 0.333. The van der Waals surface area contributed by atoms with Gasteiger partial charge in [0.05, 0.1) is 18.7 Å². The maximum Gasteiger partial charge on any atom is 0.312 e. The molecule has 19 heavy (non-hydrogen) atoms. The third-order valence-corrected chi connectivity index (χ3v) is 4.35. The monoisotopic (exact) mass is 273 g/mol. The van der Waals surface area contributed by atoms with Crippen LogP contribution in [0.1, 0.15) is 22.4 Å². The van der Waals surface area contributed by atoms with E-state index in [1.165, 1.54) is 16.0 Å². The van der Waals surface area contributed by atoms with Gasteiger partial charge >= 0.3 is 5.97 Å². The number of hydrogen-bond acceptors (Lipinski definition) is 4. The SMILES string of the molecule is CCOC(=O)Cc1nc2c(s1)CCc1ccccc1-2. The van der Waals surface area contributed by atoms with E-state index in [-0.39, 0.29) is 12.4 Å². The van der Waals surface area contributed by atoms with Gasteiger partial charge in [-0.1, -0.05) is 24.3 Å². The summed E-state index contributed by atoms with van der Waals surface area (Å²) < 4.78 is 4.98. The van der Waals surface area contributed by atoms with E-state index in [4.69, 9.17) is 4.74 Å². The Bertz CT molecular complexity index is 618. The lowest BCUT2D eigenvalue weighted by Crippen LogP contribution is -2.07. The Morgan fingerprint density at radius 1 is 1.37 bits per heavy atom. The molecule has 0 unspecified atom stereocenters. The molecule has 4 heteroatoms. The van der Waals surface area contributed by atoms with Gasteiger partial charge in [-0.15, -0.1) is 11.3 Å². The van der Waals surface area contributed by atoms with Gasteiger partial charge in [-0.05, 0) is 25.3 Å². The minimum Gasteiger partial charge on any atom is -0.466 e. The topological polar surface area (TPSA) is 39.2 Å². The molecule has 2 aromatic rings. The molecule has 98 valence electrons. The number of fused-ring (bicyclic) bond motifs is 3. The molecule has 3 rings (SSSR count). The number of ether oxygens (including phenoxy) is 1. The summed E-state index contributed by atoms with van der Waals surface area (Å²) in [6.45, 7) is 2.24. The third kappa shape index (κ3) is 2.40. The van der Waals surface area contributed by atoms with Crippen molar-refractivity contribution in [2.75, 3.05) is 6.61 Å². The molecule has 0 amide bonds. The highest BCUT2D eigenvalue weighted by atomic mass is 32.1. The van der Waals surface area contributed by atoms with Gasteiger partial charge in [-0.2, -0.15) is 0 Å². The number of aryl methyl sites for hydroxylation is 2. The molecule has 1 aromatic carbocycles. The zero-order valence-corrected chi connectivity index (χ0v) is 11.6. The summed E-state index contributed by atoms with van der Waals surface area (Å²) in [6.07, 6.45) is 2.37. The van der Waals surface area contributed by atoms with Crippen molar-refractivity contribution in [3.63, 3.8) is 0 Å². The number of carbonyl (C=O) groups excluding carboxylic acids is 1. The Kier molecular flexibility index (Phi) is 3.34. The molecule has 1 aliphatic rings. The quantitative estimate of drug-likeness (QED) is 0.807. The van der Waals surface area contributed by atoms with Gasteiger partial charge in [0.15, 0.2) is 0 Å². The van der Waals surface area contributed by atoms with Gasteiger partial charge in [0, 0.05) is 10.4 Å². The first kappa shape index (κ1) is 12.4. The van der Waals surface area contributed by atoms with Crippen LogP contribution >= 0.6 is 11.3 Å². The van der Waals surface area contributed by atoms with E-state index in [2.05, 4.69) is 23.2 Å². The standard InChI is InChI=1S/C15H15NO2S/c1-2-18-14(17)9-13-16-15-11-6-4-3-5-10(11)7-8-12(15)19-13/h3-6H,2,7-9H2,1H3. The summed E-state index contributed by atoms with van der Waals surface area (Å²) in [4.78, 5) is 17.4. The predicted octanol–water partition coefficient (Wildman–Crippen LogP) is 3.01. The van der Waals surface area contributed by atoms with Crippen molar-refractivity contribution in [3.05, 3.63) is 39.7 Å². The van der Waals surface area contributed by atoms with Crippen molar-refractivity contribution in [2.45, 2.75) is 26.2 Å². The van der Waals surface area contributed by atoms with Gasteiger partial charge in [0.2, 0.25) is 0 Å². The molecule has 0 saturated carbocycles. The van der Waals surface area contributed by atoms with Crippen LogP contribution in [0.2, 0.25) is 0 Å². The number of hydrogen-bond donors (Lipinski definition) is 0. The molecule has 0 bridgehead atoms. The number of benzene rings is 1. The second kappa shape index (κ2) is 5.13. The number of aromatic nitrogens is 1. The summed E-state index contributed by atoms with van der Waals surface area (Å²) in [7, 11) is 0. The first-order valence-electron chi connectivity index (χ1n) is 6.50. The second-order valence-corrected chi connectivity index (χ2v) is 5.69. The van der Waals surface area contributed by atoms with Crippen LogP contribution in [0.15, 0.2) is 24.3 Å². The highest BCUT2D eigenvalue weighted by Gasteiger charge is 2.21. The summed E-state index contributed by atoms with van der Waals surface area (Å²) in [5.74, 6) is -0.193. The maximum absolute atomic E-state index is 11.5. The highest BCUT2D eigenvalue weighted by Crippen LogP contribution is 2.36. The van der Waals surface area contributed by atoms with E-state index >= 15 is 0 Å². The van der Waals surface area contributed by atoms with Crippen molar-refractivity contribution in [2.24, 2.45) is 0 Å². The van der Waals surface area contributed by atoms with Gasteiger partial charge in [0.1, 0.15) is 5.01 Å². The van der Waals surface area contributed by atoms with Gasteiger partial charge in [0.25, 0.3) is 0 Å². The average molecular weight is 273 g/mol. The molecule has 0 spiro atoms. The molecular formula is C15H15NO2S.